The highest BCUT2D eigenvalue weighted by molar-refractivity contribution is 9.10. The van der Waals surface area contributed by atoms with Gasteiger partial charge in [0.05, 0.1) is 0 Å². The quantitative estimate of drug-likeness (QED) is 0.802. The summed E-state index contributed by atoms with van der Waals surface area (Å²) in [5.41, 5.74) is 5.69. The van der Waals surface area contributed by atoms with Crippen LogP contribution in [0.3, 0.4) is 0 Å². The van der Waals surface area contributed by atoms with Crippen LogP contribution in [0.1, 0.15) is 32.1 Å². The van der Waals surface area contributed by atoms with Gasteiger partial charge in [0, 0.05) is 22.0 Å². The van der Waals surface area contributed by atoms with E-state index in [4.69, 9.17) is 5.73 Å². The van der Waals surface area contributed by atoms with Gasteiger partial charge >= 0.3 is 0 Å². The molecule has 0 atom stereocenters. The van der Waals surface area contributed by atoms with Crippen LogP contribution in [0.5, 0.6) is 0 Å². The molecule has 1 saturated carbocycles. The molecule has 1 aromatic heterocycles. The number of halogens is 1. The molecule has 5 nitrogen and oxygen atoms in total. The molecule has 1 aliphatic carbocycles. The summed E-state index contributed by atoms with van der Waals surface area (Å²) in [7, 11) is -3.64. The van der Waals surface area contributed by atoms with Crippen molar-refractivity contribution in [3.8, 4) is 0 Å². The Labute approximate surface area is 138 Å². The van der Waals surface area contributed by atoms with Gasteiger partial charge in [0.2, 0.25) is 10.0 Å². The zero-order chi connectivity index (χ0) is 15.5. The number of thioether (sulfide) groups is 1. The molecule has 0 saturated heterocycles. The molecular formula is C13H20BrN3O2S2. The third-order valence-corrected chi connectivity index (χ3v) is 7.20. The lowest BCUT2D eigenvalue weighted by molar-refractivity contribution is 0.395. The van der Waals surface area contributed by atoms with Crippen molar-refractivity contribution in [2.24, 2.45) is 0 Å². The van der Waals surface area contributed by atoms with E-state index in [9.17, 15) is 8.42 Å². The van der Waals surface area contributed by atoms with Crippen LogP contribution in [0, 0.1) is 0 Å². The first-order valence-electron chi connectivity index (χ1n) is 6.84. The summed E-state index contributed by atoms with van der Waals surface area (Å²) in [5.74, 6) is 0.0209. The molecule has 2 rings (SSSR count). The Hall–Kier alpha value is -0.310. The summed E-state index contributed by atoms with van der Waals surface area (Å²) in [6.07, 6.45) is 9.17. The number of hydrogen-bond donors (Lipinski definition) is 2. The summed E-state index contributed by atoms with van der Waals surface area (Å²) in [4.78, 5) is 3.92. The summed E-state index contributed by atoms with van der Waals surface area (Å²) in [6, 6.07) is 1.48. The number of anilines is 1. The van der Waals surface area contributed by atoms with E-state index in [2.05, 4.69) is 31.9 Å². The maximum atomic E-state index is 12.4. The minimum Gasteiger partial charge on any atom is -0.383 e. The van der Waals surface area contributed by atoms with Crippen LogP contribution in [-0.2, 0) is 10.0 Å². The van der Waals surface area contributed by atoms with E-state index in [1.165, 1.54) is 18.7 Å². The summed E-state index contributed by atoms with van der Waals surface area (Å²) >= 11 is 4.98. The Morgan fingerprint density at radius 2 is 2.10 bits per heavy atom. The van der Waals surface area contributed by atoms with Gasteiger partial charge in [-0.1, -0.05) is 19.3 Å². The molecule has 1 aromatic rings. The molecule has 0 aliphatic heterocycles. The van der Waals surface area contributed by atoms with Crippen LogP contribution in [0.2, 0.25) is 0 Å². The van der Waals surface area contributed by atoms with Gasteiger partial charge < -0.3 is 5.73 Å². The fourth-order valence-corrected chi connectivity index (χ4v) is 5.32. The molecule has 0 bridgehead atoms. The number of nitrogen functional groups attached to an aromatic ring is 1. The lowest BCUT2D eigenvalue weighted by atomic mass is 9.88. The van der Waals surface area contributed by atoms with Crippen LogP contribution in [-0.4, -0.2) is 30.9 Å². The van der Waals surface area contributed by atoms with Gasteiger partial charge in [-0.2, -0.15) is 11.8 Å². The maximum Gasteiger partial charge on any atom is 0.244 e. The highest BCUT2D eigenvalue weighted by atomic mass is 79.9. The van der Waals surface area contributed by atoms with Crippen molar-refractivity contribution in [1.82, 2.24) is 9.71 Å². The van der Waals surface area contributed by atoms with Crippen LogP contribution >= 0.6 is 27.7 Å². The fourth-order valence-electron chi connectivity index (χ4n) is 2.60. The van der Waals surface area contributed by atoms with E-state index >= 15 is 0 Å². The van der Waals surface area contributed by atoms with Crippen molar-refractivity contribution in [2.75, 3.05) is 18.5 Å². The highest BCUT2D eigenvalue weighted by Crippen LogP contribution is 2.38. The van der Waals surface area contributed by atoms with Gasteiger partial charge in [0.25, 0.3) is 0 Å². The van der Waals surface area contributed by atoms with E-state index in [-0.39, 0.29) is 15.5 Å². The third-order valence-electron chi connectivity index (χ3n) is 3.92. The summed E-state index contributed by atoms with van der Waals surface area (Å²) in [5, 5.41) is 0. The maximum absolute atomic E-state index is 12.4. The number of rotatable bonds is 5. The molecule has 1 fully saturated rings. The van der Waals surface area contributed by atoms with E-state index in [0.717, 1.165) is 25.7 Å². The predicted molar refractivity (Wildman–Crippen MR) is 90.9 cm³/mol. The van der Waals surface area contributed by atoms with Crippen LogP contribution in [0.15, 0.2) is 21.6 Å². The van der Waals surface area contributed by atoms with Gasteiger partial charge in [-0.15, -0.1) is 0 Å². The summed E-state index contributed by atoms with van der Waals surface area (Å²) in [6.45, 7) is 0.433. The molecule has 0 amide bonds. The van der Waals surface area contributed by atoms with Gasteiger partial charge in [-0.3, -0.25) is 0 Å². The van der Waals surface area contributed by atoms with Gasteiger partial charge in [0.15, 0.2) is 0 Å². The monoisotopic (exact) mass is 393 g/mol. The minimum absolute atomic E-state index is 0.000473. The number of aromatic nitrogens is 1. The first kappa shape index (κ1) is 17.1. The van der Waals surface area contributed by atoms with Crippen molar-refractivity contribution in [2.45, 2.75) is 41.7 Å². The average Bonchev–Trinajstić information content (AvgIpc) is 2.49. The normalized spacial score (nSPS) is 18.6. The van der Waals surface area contributed by atoms with Crippen molar-refractivity contribution in [3.05, 3.63) is 16.7 Å². The van der Waals surface area contributed by atoms with Crippen molar-refractivity contribution in [3.63, 3.8) is 0 Å². The number of sulfonamides is 1. The van der Waals surface area contributed by atoms with Crippen LogP contribution < -0.4 is 10.5 Å². The Balaban J connectivity index is 2.15. The molecule has 3 N–H and O–H groups in total. The van der Waals surface area contributed by atoms with Crippen molar-refractivity contribution < 1.29 is 8.42 Å². The topological polar surface area (TPSA) is 85.1 Å². The third kappa shape index (κ3) is 4.12. The molecule has 0 unspecified atom stereocenters. The Kier molecular flexibility index (Phi) is 5.56. The van der Waals surface area contributed by atoms with Crippen LogP contribution in [0.4, 0.5) is 5.82 Å². The minimum atomic E-state index is -3.64. The fraction of sp³-hybridized carbons (Fsp3) is 0.615. The second-order valence-corrected chi connectivity index (χ2v) is 9.23. The van der Waals surface area contributed by atoms with E-state index in [0.29, 0.717) is 11.0 Å². The largest absolute Gasteiger partial charge is 0.383 e. The first-order valence-corrected chi connectivity index (χ1v) is 10.3. The first-order chi connectivity index (χ1) is 9.88. The molecule has 0 aromatic carbocycles. The van der Waals surface area contributed by atoms with Gasteiger partial charge in [0.1, 0.15) is 10.7 Å². The van der Waals surface area contributed by atoms with E-state index in [1.807, 2.05) is 0 Å². The molecule has 21 heavy (non-hydrogen) atoms. The highest BCUT2D eigenvalue weighted by Gasteiger charge is 2.33. The number of nitrogens with two attached hydrogens (primary N) is 1. The van der Waals surface area contributed by atoms with Crippen molar-refractivity contribution >= 4 is 43.5 Å². The number of nitrogens with zero attached hydrogens (tertiary/aromatic N) is 1. The zero-order valence-electron chi connectivity index (χ0n) is 11.9. The molecular weight excluding hydrogens is 374 g/mol. The smallest absolute Gasteiger partial charge is 0.244 e. The lowest BCUT2D eigenvalue weighted by Gasteiger charge is -2.35. The Morgan fingerprint density at radius 3 is 2.71 bits per heavy atom. The molecule has 8 heteroatoms. The summed E-state index contributed by atoms with van der Waals surface area (Å²) < 4.78 is 28.2. The van der Waals surface area contributed by atoms with E-state index < -0.39 is 10.0 Å². The van der Waals surface area contributed by atoms with Crippen LogP contribution in [0.25, 0.3) is 0 Å². The number of hydrogen-bond acceptors (Lipinski definition) is 5. The SMILES string of the molecule is CSC1(CNS(=O)(=O)c2cc(Br)cnc2N)CCCCC1. The van der Waals surface area contributed by atoms with Crippen molar-refractivity contribution in [1.29, 1.82) is 0 Å². The second-order valence-electron chi connectivity index (χ2n) is 5.31. The Morgan fingerprint density at radius 1 is 1.43 bits per heavy atom. The Bertz CT molecular complexity index is 601. The molecule has 0 radical (unpaired) electrons. The second kappa shape index (κ2) is 6.85. The molecule has 0 spiro atoms. The molecule has 1 heterocycles. The molecule has 118 valence electrons. The van der Waals surface area contributed by atoms with Gasteiger partial charge in [-0.25, -0.2) is 18.1 Å². The number of pyridine rings is 1. The average molecular weight is 394 g/mol. The number of nitrogens with one attached hydrogen (secondary N) is 1. The standard InChI is InChI=1S/C13H20BrN3O2S2/c1-20-13(5-3-2-4-6-13)9-17-21(18,19)11-7-10(14)8-16-12(11)15/h7-8,17H,2-6,9H2,1H3,(H2,15,16). The van der Waals surface area contributed by atoms with Gasteiger partial charge in [-0.05, 0) is 41.1 Å². The molecule has 1 aliphatic rings. The predicted octanol–water partition coefficient (Wildman–Crippen LogP) is 2.77. The van der Waals surface area contributed by atoms with E-state index in [1.54, 1.807) is 11.8 Å². The zero-order valence-corrected chi connectivity index (χ0v) is 15.2. The lowest BCUT2D eigenvalue weighted by Crippen LogP contribution is -2.41.